The molecule has 1 saturated heterocycles. The lowest BCUT2D eigenvalue weighted by atomic mass is 10.1. The van der Waals surface area contributed by atoms with E-state index in [1.54, 1.807) is 6.20 Å². The largest absolute Gasteiger partial charge is 0.369 e. The Morgan fingerprint density at radius 3 is 1.89 bits per heavy atom. The predicted molar refractivity (Wildman–Crippen MR) is 215 cm³/mol. The number of H-pyrrole nitrogens is 2. The van der Waals surface area contributed by atoms with Crippen LogP contribution in [0.25, 0.3) is 24.3 Å². The molecule has 0 radical (unpaired) electrons. The number of piperazine rings is 1. The average molecular weight is 710 g/mol. The number of nitrogens with zero attached hydrogens (tertiary/aromatic N) is 8. The van der Waals surface area contributed by atoms with Gasteiger partial charge in [-0.1, -0.05) is 72.3 Å². The van der Waals surface area contributed by atoms with Crippen LogP contribution in [-0.2, 0) is 0 Å². The van der Waals surface area contributed by atoms with Crippen LogP contribution in [0, 0.1) is 20.8 Å². The highest BCUT2D eigenvalue weighted by Crippen LogP contribution is 2.18. The summed E-state index contributed by atoms with van der Waals surface area (Å²) in [5.74, 6) is 4.98. The monoisotopic (exact) mass is 709 g/mol. The zero-order valence-corrected chi connectivity index (χ0v) is 30.7. The van der Waals surface area contributed by atoms with Gasteiger partial charge >= 0.3 is 0 Å². The molecule has 0 bridgehead atoms. The molecule has 2 aromatic carbocycles. The molecule has 5 N–H and O–H groups in total. The normalized spacial score (nSPS) is 13.6. The smallest absolute Gasteiger partial charge is 0.156 e. The van der Waals surface area contributed by atoms with Crippen molar-refractivity contribution in [2.75, 3.05) is 62.3 Å². The molecular formula is C40H47N13. The number of aromatic nitrogens is 8. The van der Waals surface area contributed by atoms with E-state index in [1.807, 2.05) is 92.7 Å². The van der Waals surface area contributed by atoms with Crippen molar-refractivity contribution in [3.05, 3.63) is 125 Å². The van der Waals surface area contributed by atoms with Crippen LogP contribution in [0.15, 0.2) is 85.1 Å². The lowest BCUT2D eigenvalue weighted by Crippen LogP contribution is -2.45. The van der Waals surface area contributed by atoms with Crippen LogP contribution < -0.4 is 16.0 Å². The number of benzene rings is 2. The summed E-state index contributed by atoms with van der Waals surface area (Å²) in [6, 6.07) is 26.0. The summed E-state index contributed by atoms with van der Waals surface area (Å²) in [5, 5.41) is 24.1. The van der Waals surface area contributed by atoms with E-state index in [1.165, 1.54) is 5.56 Å². The summed E-state index contributed by atoms with van der Waals surface area (Å²) in [6.45, 7) is 12.3. The molecule has 0 aliphatic carbocycles. The molecule has 1 aliphatic rings. The lowest BCUT2D eigenvalue weighted by Gasteiger charge is -2.32. The molecule has 0 atom stereocenters. The van der Waals surface area contributed by atoms with Crippen LogP contribution in [0.4, 0.5) is 29.1 Å². The van der Waals surface area contributed by atoms with Crippen molar-refractivity contribution >= 4 is 53.4 Å². The first-order valence-corrected chi connectivity index (χ1v) is 17.8. The van der Waals surface area contributed by atoms with E-state index >= 15 is 0 Å². The Hall–Kier alpha value is -6.18. The van der Waals surface area contributed by atoms with E-state index in [4.69, 9.17) is 4.98 Å². The molecule has 0 unspecified atom stereocenters. The molecule has 13 heteroatoms. The summed E-state index contributed by atoms with van der Waals surface area (Å²) in [5.41, 5.74) is 5.46. The molecule has 0 spiro atoms. The van der Waals surface area contributed by atoms with Crippen molar-refractivity contribution in [3.63, 3.8) is 0 Å². The third-order valence-corrected chi connectivity index (χ3v) is 8.40. The Morgan fingerprint density at radius 2 is 1.23 bits per heavy atom. The SMILES string of the molecule is Cc1cc(Nc2ccnc(/C=C/c3ccccc3)n2)n[nH]1.Cc1ccc(/C=C/c2nc(NCCN3CCN(C)CC3)cc(Nc3cc(C)[nH]n3)n2)cc1. The van der Waals surface area contributed by atoms with Gasteiger partial charge in [-0.2, -0.15) is 10.2 Å². The van der Waals surface area contributed by atoms with Gasteiger partial charge in [0.1, 0.15) is 17.5 Å². The number of aromatic amines is 2. The Bertz CT molecular complexity index is 2080. The number of hydrogen-bond acceptors (Lipinski definition) is 11. The zero-order valence-electron chi connectivity index (χ0n) is 30.7. The molecule has 1 fully saturated rings. The molecule has 13 nitrogen and oxygen atoms in total. The molecule has 0 saturated carbocycles. The van der Waals surface area contributed by atoms with Crippen molar-refractivity contribution in [2.24, 2.45) is 0 Å². The van der Waals surface area contributed by atoms with Crippen LogP contribution >= 0.6 is 0 Å². The van der Waals surface area contributed by atoms with E-state index in [0.717, 1.165) is 79.2 Å². The van der Waals surface area contributed by atoms with Crippen molar-refractivity contribution in [3.8, 4) is 0 Å². The summed E-state index contributed by atoms with van der Waals surface area (Å²) >= 11 is 0. The summed E-state index contributed by atoms with van der Waals surface area (Å²) < 4.78 is 0. The van der Waals surface area contributed by atoms with Gasteiger partial charge in [0, 0.05) is 75.1 Å². The summed E-state index contributed by atoms with van der Waals surface area (Å²) in [7, 11) is 2.18. The molecule has 4 aromatic heterocycles. The molecule has 6 aromatic rings. The number of hydrogen-bond donors (Lipinski definition) is 5. The van der Waals surface area contributed by atoms with E-state index in [-0.39, 0.29) is 0 Å². The minimum absolute atomic E-state index is 0.643. The molecule has 7 rings (SSSR count). The van der Waals surface area contributed by atoms with Crippen LogP contribution in [0.1, 0.15) is 39.7 Å². The quantitative estimate of drug-likeness (QED) is 0.0911. The molecule has 272 valence electrons. The Balaban J connectivity index is 0.000000198. The minimum Gasteiger partial charge on any atom is -0.369 e. The maximum absolute atomic E-state index is 4.70. The fourth-order valence-electron chi connectivity index (χ4n) is 5.44. The van der Waals surface area contributed by atoms with Gasteiger partial charge in [-0.25, -0.2) is 19.9 Å². The second-order valence-electron chi connectivity index (χ2n) is 13.0. The molecule has 5 heterocycles. The zero-order chi connectivity index (χ0) is 36.8. The van der Waals surface area contributed by atoms with Gasteiger partial charge in [0.05, 0.1) is 0 Å². The van der Waals surface area contributed by atoms with E-state index < -0.39 is 0 Å². The fraction of sp³-hybridized carbons (Fsp3) is 0.250. The van der Waals surface area contributed by atoms with Crippen LogP contribution in [0.3, 0.4) is 0 Å². The highest BCUT2D eigenvalue weighted by Gasteiger charge is 2.13. The van der Waals surface area contributed by atoms with Gasteiger partial charge in [-0.05, 0) is 57.2 Å². The van der Waals surface area contributed by atoms with Crippen LogP contribution in [-0.4, -0.2) is 96.4 Å². The number of likely N-dealkylation sites (N-methyl/N-ethyl adjacent to an activating group) is 1. The Morgan fingerprint density at radius 1 is 0.623 bits per heavy atom. The number of nitrogens with one attached hydrogen (secondary N) is 5. The molecule has 53 heavy (non-hydrogen) atoms. The van der Waals surface area contributed by atoms with Gasteiger partial charge in [0.25, 0.3) is 0 Å². The Kier molecular flexibility index (Phi) is 12.7. The molecule has 1 aliphatic heterocycles. The summed E-state index contributed by atoms with van der Waals surface area (Å²) in [6.07, 6.45) is 9.57. The van der Waals surface area contributed by atoms with Crippen molar-refractivity contribution in [1.29, 1.82) is 0 Å². The lowest BCUT2D eigenvalue weighted by molar-refractivity contribution is 0.158. The summed E-state index contributed by atoms with van der Waals surface area (Å²) in [4.78, 5) is 22.9. The third kappa shape index (κ3) is 11.9. The second kappa shape index (κ2) is 18.4. The maximum atomic E-state index is 4.70. The third-order valence-electron chi connectivity index (χ3n) is 8.40. The molecular weight excluding hydrogens is 663 g/mol. The topological polar surface area (TPSA) is 151 Å². The first kappa shape index (κ1) is 36.6. The standard InChI is InChI=1S/C24H32N8.C16H15N5/c1-18-4-6-20(7-5-18)8-9-21-26-22(25-10-11-32-14-12-31(3)13-15-32)17-23(27-21)28-24-16-19(2)29-30-24;1-12-11-16(21-20-12)19-15-9-10-17-14(18-15)8-7-13-5-3-2-4-6-13/h4-9,16-17H,10-15H2,1-3H3,(H3,25,26,27,28,29,30);2-11H,1H3,(H2,17,18,19,20,21)/b9-8+;8-7+. The van der Waals surface area contributed by atoms with E-state index in [0.29, 0.717) is 23.3 Å². The van der Waals surface area contributed by atoms with Gasteiger partial charge in [0.2, 0.25) is 0 Å². The predicted octanol–water partition coefficient (Wildman–Crippen LogP) is 6.81. The number of anilines is 5. The Labute approximate surface area is 310 Å². The molecule has 0 amide bonds. The first-order chi connectivity index (χ1) is 25.8. The maximum Gasteiger partial charge on any atom is 0.156 e. The first-order valence-electron chi connectivity index (χ1n) is 17.8. The van der Waals surface area contributed by atoms with Crippen molar-refractivity contribution < 1.29 is 0 Å². The van der Waals surface area contributed by atoms with Gasteiger partial charge in [-0.3, -0.25) is 15.1 Å². The minimum atomic E-state index is 0.643. The van der Waals surface area contributed by atoms with Crippen LogP contribution in [0.5, 0.6) is 0 Å². The number of rotatable bonds is 12. The highest BCUT2D eigenvalue weighted by molar-refractivity contribution is 5.69. The van der Waals surface area contributed by atoms with E-state index in [9.17, 15) is 0 Å². The van der Waals surface area contributed by atoms with Crippen LogP contribution in [0.2, 0.25) is 0 Å². The van der Waals surface area contributed by atoms with E-state index in [2.05, 4.69) is 99.3 Å². The second-order valence-corrected chi connectivity index (χ2v) is 13.0. The highest BCUT2D eigenvalue weighted by atomic mass is 15.3. The van der Waals surface area contributed by atoms with Crippen molar-refractivity contribution in [1.82, 2.24) is 50.1 Å². The number of aryl methyl sites for hydroxylation is 3. The van der Waals surface area contributed by atoms with Gasteiger partial charge < -0.3 is 20.9 Å². The van der Waals surface area contributed by atoms with Gasteiger partial charge in [0.15, 0.2) is 23.3 Å². The van der Waals surface area contributed by atoms with Crippen molar-refractivity contribution in [2.45, 2.75) is 20.8 Å². The van der Waals surface area contributed by atoms with Gasteiger partial charge in [-0.15, -0.1) is 0 Å². The average Bonchev–Trinajstić information content (AvgIpc) is 3.78. The fourth-order valence-corrected chi connectivity index (χ4v) is 5.44.